The minimum atomic E-state index is -0.140. The molecule has 1 heterocycles. The average Bonchev–Trinajstić information content (AvgIpc) is 2.50. The average molecular weight is 280 g/mol. The summed E-state index contributed by atoms with van der Waals surface area (Å²) in [5, 5.41) is 6.62. The van der Waals surface area contributed by atoms with Gasteiger partial charge in [0.05, 0.1) is 5.41 Å². The second-order valence-corrected chi connectivity index (χ2v) is 7.08. The minimum Gasteiger partial charge on any atom is -0.356 e. The van der Waals surface area contributed by atoms with Gasteiger partial charge in [0.1, 0.15) is 0 Å². The topological polar surface area (TPSA) is 41.1 Å². The van der Waals surface area contributed by atoms with Crippen molar-refractivity contribution in [2.75, 3.05) is 19.6 Å². The molecule has 1 aliphatic heterocycles. The van der Waals surface area contributed by atoms with Gasteiger partial charge in [0, 0.05) is 13.1 Å². The normalized spacial score (nSPS) is 34.7. The molecule has 20 heavy (non-hydrogen) atoms. The van der Waals surface area contributed by atoms with Gasteiger partial charge >= 0.3 is 0 Å². The molecule has 0 aromatic carbocycles. The van der Waals surface area contributed by atoms with Gasteiger partial charge < -0.3 is 10.6 Å². The number of carbonyl (C=O) groups excluding carboxylic acids is 1. The lowest BCUT2D eigenvalue weighted by atomic mass is 9.77. The molecule has 2 N–H and O–H groups in total. The molecule has 3 heteroatoms. The fourth-order valence-electron chi connectivity index (χ4n) is 3.82. The molecule has 0 aromatic heterocycles. The molecule has 1 atom stereocenters. The Balaban J connectivity index is 1.71. The van der Waals surface area contributed by atoms with Crippen LogP contribution < -0.4 is 10.6 Å². The zero-order valence-corrected chi connectivity index (χ0v) is 13.3. The standard InChI is InChI=1S/C17H32N2O/c1-3-17(10-4-11-18-13-17)16(20)19-12-9-15-7-5-14(2)6-8-15/h14-15,18H,3-13H2,1-2H3,(H,19,20). The molecule has 116 valence electrons. The second-order valence-electron chi connectivity index (χ2n) is 7.08. The summed E-state index contributed by atoms with van der Waals surface area (Å²) in [6, 6.07) is 0. The van der Waals surface area contributed by atoms with E-state index in [0.29, 0.717) is 0 Å². The van der Waals surface area contributed by atoms with Crippen LogP contribution in [0.15, 0.2) is 0 Å². The molecule has 1 amide bonds. The molecule has 3 nitrogen and oxygen atoms in total. The quantitative estimate of drug-likeness (QED) is 0.812. The number of hydrogen-bond donors (Lipinski definition) is 2. The van der Waals surface area contributed by atoms with E-state index in [1.54, 1.807) is 0 Å². The first kappa shape index (κ1) is 15.8. The zero-order chi connectivity index (χ0) is 14.4. The maximum absolute atomic E-state index is 12.5. The van der Waals surface area contributed by atoms with E-state index in [4.69, 9.17) is 0 Å². The van der Waals surface area contributed by atoms with E-state index < -0.39 is 0 Å². The SMILES string of the molecule is CCC1(C(=O)NCCC2CCC(C)CC2)CCCNC1. The first-order valence-corrected chi connectivity index (χ1v) is 8.65. The summed E-state index contributed by atoms with van der Waals surface area (Å²) in [5.74, 6) is 2.04. The van der Waals surface area contributed by atoms with Crippen LogP contribution in [-0.4, -0.2) is 25.5 Å². The van der Waals surface area contributed by atoms with Crippen LogP contribution >= 0.6 is 0 Å². The number of amides is 1. The predicted octanol–water partition coefficient (Wildman–Crippen LogP) is 3.10. The van der Waals surface area contributed by atoms with Gasteiger partial charge in [-0.1, -0.05) is 39.5 Å². The third kappa shape index (κ3) is 3.97. The molecule has 2 aliphatic rings. The summed E-state index contributed by atoms with van der Waals surface area (Å²) in [5.41, 5.74) is -0.140. The van der Waals surface area contributed by atoms with E-state index in [1.165, 1.54) is 32.1 Å². The van der Waals surface area contributed by atoms with Gasteiger partial charge in [-0.05, 0) is 44.1 Å². The summed E-state index contributed by atoms with van der Waals surface area (Å²) in [4.78, 5) is 12.5. The van der Waals surface area contributed by atoms with Crippen molar-refractivity contribution in [1.29, 1.82) is 0 Å². The Kier molecular flexibility index (Phi) is 5.88. The van der Waals surface area contributed by atoms with E-state index in [2.05, 4.69) is 24.5 Å². The Hall–Kier alpha value is -0.570. The number of carbonyl (C=O) groups is 1. The Labute approximate surface area is 124 Å². The summed E-state index contributed by atoms with van der Waals surface area (Å²) < 4.78 is 0. The number of nitrogens with one attached hydrogen (secondary N) is 2. The largest absolute Gasteiger partial charge is 0.356 e. The molecule has 1 saturated heterocycles. The Morgan fingerprint density at radius 1 is 1.30 bits per heavy atom. The van der Waals surface area contributed by atoms with Crippen LogP contribution in [0.3, 0.4) is 0 Å². The van der Waals surface area contributed by atoms with Crippen LogP contribution in [-0.2, 0) is 4.79 Å². The molecule has 0 spiro atoms. The maximum atomic E-state index is 12.5. The highest BCUT2D eigenvalue weighted by Crippen LogP contribution is 2.31. The fraction of sp³-hybridized carbons (Fsp3) is 0.941. The molecule has 1 aliphatic carbocycles. The lowest BCUT2D eigenvalue weighted by Crippen LogP contribution is -2.50. The van der Waals surface area contributed by atoms with Crippen molar-refractivity contribution in [2.24, 2.45) is 17.3 Å². The summed E-state index contributed by atoms with van der Waals surface area (Å²) >= 11 is 0. The number of piperidine rings is 1. The zero-order valence-electron chi connectivity index (χ0n) is 13.3. The Morgan fingerprint density at radius 2 is 2.05 bits per heavy atom. The van der Waals surface area contributed by atoms with E-state index in [-0.39, 0.29) is 11.3 Å². The van der Waals surface area contributed by atoms with Gasteiger partial charge in [0.25, 0.3) is 0 Å². The number of rotatable bonds is 5. The number of hydrogen-bond acceptors (Lipinski definition) is 2. The van der Waals surface area contributed by atoms with E-state index in [9.17, 15) is 4.79 Å². The third-order valence-corrected chi connectivity index (χ3v) is 5.60. The molecular weight excluding hydrogens is 248 g/mol. The van der Waals surface area contributed by atoms with Gasteiger partial charge in [-0.15, -0.1) is 0 Å². The van der Waals surface area contributed by atoms with E-state index >= 15 is 0 Å². The van der Waals surface area contributed by atoms with Crippen molar-refractivity contribution < 1.29 is 4.79 Å². The van der Waals surface area contributed by atoms with Gasteiger partial charge in [-0.3, -0.25) is 4.79 Å². The molecule has 0 bridgehead atoms. The highest BCUT2D eigenvalue weighted by Gasteiger charge is 2.37. The predicted molar refractivity (Wildman–Crippen MR) is 83.6 cm³/mol. The van der Waals surface area contributed by atoms with Crippen LogP contribution in [0.1, 0.15) is 65.2 Å². The van der Waals surface area contributed by atoms with Gasteiger partial charge in [-0.2, -0.15) is 0 Å². The lowest BCUT2D eigenvalue weighted by Gasteiger charge is -2.35. The molecule has 1 saturated carbocycles. The first-order valence-electron chi connectivity index (χ1n) is 8.65. The van der Waals surface area contributed by atoms with Gasteiger partial charge in [0.15, 0.2) is 0 Å². The van der Waals surface area contributed by atoms with E-state index in [1.807, 2.05) is 0 Å². The van der Waals surface area contributed by atoms with Crippen LogP contribution in [0.5, 0.6) is 0 Å². The Morgan fingerprint density at radius 3 is 2.65 bits per heavy atom. The molecule has 2 rings (SSSR count). The molecule has 1 unspecified atom stereocenters. The third-order valence-electron chi connectivity index (χ3n) is 5.60. The van der Waals surface area contributed by atoms with Crippen molar-refractivity contribution in [3.63, 3.8) is 0 Å². The van der Waals surface area contributed by atoms with Crippen LogP contribution in [0.25, 0.3) is 0 Å². The van der Waals surface area contributed by atoms with Gasteiger partial charge in [-0.25, -0.2) is 0 Å². The highest BCUT2D eigenvalue weighted by atomic mass is 16.2. The summed E-state index contributed by atoms with van der Waals surface area (Å²) in [6.45, 7) is 7.30. The van der Waals surface area contributed by atoms with Crippen molar-refractivity contribution in [2.45, 2.75) is 65.2 Å². The van der Waals surface area contributed by atoms with Gasteiger partial charge in [0.2, 0.25) is 5.91 Å². The monoisotopic (exact) mass is 280 g/mol. The molecule has 2 fully saturated rings. The van der Waals surface area contributed by atoms with Crippen molar-refractivity contribution >= 4 is 5.91 Å². The Bertz CT molecular complexity index is 302. The van der Waals surface area contributed by atoms with E-state index in [0.717, 1.165) is 50.7 Å². The molecular formula is C17H32N2O. The molecule has 0 aromatic rings. The maximum Gasteiger partial charge on any atom is 0.227 e. The summed E-state index contributed by atoms with van der Waals surface area (Å²) in [6.07, 6.45) is 9.77. The molecule has 0 radical (unpaired) electrons. The van der Waals surface area contributed by atoms with Crippen LogP contribution in [0.4, 0.5) is 0 Å². The second kappa shape index (κ2) is 7.44. The van der Waals surface area contributed by atoms with Crippen molar-refractivity contribution in [3.05, 3.63) is 0 Å². The smallest absolute Gasteiger partial charge is 0.227 e. The summed E-state index contributed by atoms with van der Waals surface area (Å²) in [7, 11) is 0. The van der Waals surface area contributed by atoms with Crippen molar-refractivity contribution in [3.8, 4) is 0 Å². The fourth-order valence-corrected chi connectivity index (χ4v) is 3.82. The first-order chi connectivity index (χ1) is 9.66. The van der Waals surface area contributed by atoms with Crippen molar-refractivity contribution in [1.82, 2.24) is 10.6 Å². The van der Waals surface area contributed by atoms with Crippen LogP contribution in [0, 0.1) is 17.3 Å². The minimum absolute atomic E-state index is 0.140. The van der Waals surface area contributed by atoms with Crippen LogP contribution in [0.2, 0.25) is 0 Å². The lowest BCUT2D eigenvalue weighted by molar-refractivity contribution is -0.132. The highest BCUT2D eigenvalue weighted by molar-refractivity contribution is 5.83.